The van der Waals surface area contributed by atoms with Crippen molar-refractivity contribution in [1.82, 2.24) is 24.6 Å². The van der Waals surface area contributed by atoms with Crippen LogP contribution in [0.5, 0.6) is 11.5 Å². The molecule has 0 spiro atoms. The number of likely N-dealkylation sites (tertiary alicyclic amines) is 1. The highest BCUT2D eigenvalue weighted by atomic mass is 19.1. The topological polar surface area (TPSA) is 108 Å². The summed E-state index contributed by atoms with van der Waals surface area (Å²) in [6.07, 6.45) is 3.18. The molecule has 1 aliphatic rings. The fraction of sp³-hybridized carbons (Fsp3) is 0.273. The van der Waals surface area contributed by atoms with Crippen molar-refractivity contribution in [2.24, 2.45) is 0 Å². The van der Waals surface area contributed by atoms with Gasteiger partial charge in [0.25, 0.3) is 0 Å². The highest BCUT2D eigenvalue weighted by molar-refractivity contribution is 5.91. The van der Waals surface area contributed by atoms with Crippen molar-refractivity contribution in [2.45, 2.75) is 12.5 Å². The molecule has 2 N–H and O–H groups in total. The summed E-state index contributed by atoms with van der Waals surface area (Å²) in [5.41, 5.74) is 6.07. The molecule has 1 amide bonds. The molecule has 1 atom stereocenters. The molecule has 4 rings (SSSR count). The number of fused-ring (bicyclic) bond motifs is 1. The van der Waals surface area contributed by atoms with Gasteiger partial charge in [-0.05, 0) is 18.4 Å². The Morgan fingerprint density at radius 3 is 2.58 bits per heavy atom. The number of nitrogen functional groups attached to an aromatic ring is 1. The Labute approximate surface area is 187 Å². The summed E-state index contributed by atoms with van der Waals surface area (Å²) in [6.45, 7) is 4.44. The molecule has 1 unspecified atom stereocenters. The summed E-state index contributed by atoms with van der Waals surface area (Å²) in [4.78, 5) is 21.9. The number of nitrogens with two attached hydrogens (primary N) is 1. The van der Waals surface area contributed by atoms with Crippen LogP contribution < -0.4 is 15.2 Å². The van der Waals surface area contributed by atoms with Gasteiger partial charge in [-0.1, -0.05) is 12.5 Å². The van der Waals surface area contributed by atoms with E-state index in [1.807, 2.05) is 0 Å². The first-order valence-corrected chi connectivity index (χ1v) is 9.91. The third-order valence-corrected chi connectivity index (χ3v) is 5.39. The zero-order valence-corrected chi connectivity index (χ0v) is 17.9. The molecule has 9 nitrogen and oxygen atoms in total. The van der Waals surface area contributed by atoms with Crippen LogP contribution >= 0.6 is 0 Å². The third-order valence-electron chi connectivity index (χ3n) is 5.39. The van der Waals surface area contributed by atoms with Crippen LogP contribution in [-0.2, 0) is 4.79 Å². The van der Waals surface area contributed by atoms with Crippen molar-refractivity contribution >= 4 is 22.8 Å². The van der Waals surface area contributed by atoms with E-state index in [4.69, 9.17) is 15.2 Å². The van der Waals surface area contributed by atoms with Crippen molar-refractivity contribution in [3.8, 4) is 23.3 Å². The number of methoxy groups -OCH3 is 2. The molecule has 1 aromatic carbocycles. The summed E-state index contributed by atoms with van der Waals surface area (Å²) in [7, 11) is 2.50. The van der Waals surface area contributed by atoms with Crippen LogP contribution in [0.25, 0.3) is 11.0 Å². The van der Waals surface area contributed by atoms with Crippen LogP contribution in [0.15, 0.2) is 25.0 Å². The summed E-state index contributed by atoms with van der Waals surface area (Å²) in [5, 5.41) is 4.86. The van der Waals surface area contributed by atoms with Gasteiger partial charge in [0, 0.05) is 19.2 Å². The lowest BCUT2D eigenvalue weighted by atomic mass is 10.1. The standard InChI is InChI=1S/C22H20F2N6O3/c1-4-17(31)29-8-7-12(10-29)30-22-18(21(25)26-11-27-22)14(28-30)6-5-13-19(23)15(32-2)9-16(33-3)20(13)24/h4,9,11-12H,1,7-8,10H2,2-3H3,(H2,25,26,27). The van der Waals surface area contributed by atoms with E-state index in [0.717, 1.165) is 6.07 Å². The number of carbonyl (C=O) groups is 1. The van der Waals surface area contributed by atoms with Crippen LogP contribution in [0.4, 0.5) is 14.6 Å². The predicted molar refractivity (Wildman–Crippen MR) is 116 cm³/mol. The predicted octanol–water partition coefficient (Wildman–Crippen LogP) is 2.06. The van der Waals surface area contributed by atoms with E-state index in [2.05, 4.69) is 33.5 Å². The second-order valence-electron chi connectivity index (χ2n) is 7.22. The van der Waals surface area contributed by atoms with Crippen LogP contribution in [0.1, 0.15) is 23.7 Å². The first-order valence-electron chi connectivity index (χ1n) is 9.91. The van der Waals surface area contributed by atoms with Crippen LogP contribution in [0.2, 0.25) is 0 Å². The van der Waals surface area contributed by atoms with E-state index >= 15 is 0 Å². The average Bonchev–Trinajstić information content (AvgIpc) is 3.44. The number of benzene rings is 1. The Hall–Kier alpha value is -4.20. The number of aromatic nitrogens is 4. The van der Waals surface area contributed by atoms with Crippen molar-refractivity contribution in [1.29, 1.82) is 0 Å². The lowest BCUT2D eigenvalue weighted by molar-refractivity contribution is -0.125. The van der Waals surface area contributed by atoms with Crippen molar-refractivity contribution in [3.63, 3.8) is 0 Å². The lowest BCUT2D eigenvalue weighted by Crippen LogP contribution is -2.27. The number of carbonyl (C=O) groups excluding carboxylic acids is 1. The third kappa shape index (κ3) is 3.80. The summed E-state index contributed by atoms with van der Waals surface area (Å²) < 4.78 is 40.9. The van der Waals surface area contributed by atoms with Gasteiger partial charge in [-0.3, -0.25) is 4.79 Å². The van der Waals surface area contributed by atoms with E-state index in [1.165, 1.54) is 26.6 Å². The smallest absolute Gasteiger partial charge is 0.246 e. The molecule has 0 radical (unpaired) electrons. The van der Waals surface area contributed by atoms with Gasteiger partial charge in [-0.25, -0.2) is 23.4 Å². The van der Waals surface area contributed by atoms with Crippen molar-refractivity contribution in [2.75, 3.05) is 33.0 Å². The Balaban J connectivity index is 1.82. The van der Waals surface area contributed by atoms with E-state index in [9.17, 15) is 13.6 Å². The molecule has 0 bridgehead atoms. The number of ether oxygens (including phenoxy) is 2. The molecule has 11 heteroatoms. The quantitative estimate of drug-likeness (QED) is 0.475. The molecule has 0 aliphatic carbocycles. The van der Waals surface area contributed by atoms with Crippen molar-refractivity contribution in [3.05, 3.63) is 47.9 Å². The van der Waals surface area contributed by atoms with Gasteiger partial charge in [-0.2, -0.15) is 5.10 Å². The highest BCUT2D eigenvalue weighted by Gasteiger charge is 2.29. The van der Waals surface area contributed by atoms with Gasteiger partial charge in [0.15, 0.2) is 28.8 Å². The van der Waals surface area contributed by atoms with E-state index in [1.54, 1.807) is 9.58 Å². The SMILES string of the molecule is C=CC(=O)N1CCC(n2nc(C#Cc3c(F)c(OC)cc(OC)c3F)c3c(N)ncnc32)C1. The summed E-state index contributed by atoms with van der Waals surface area (Å²) >= 11 is 0. The van der Waals surface area contributed by atoms with Gasteiger partial charge in [-0.15, -0.1) is 0 Å². The first-order chi connectivity index (χ1) is 15.9. The van der Waals surface area contributed by atoms with E-state index < -0.39 is 17.2 Å². The normalized spacial score (nSPS) is 15.3. The number of amides is 1. The molecule has 33 heavy (non-hydrogen) atoms. The fourth-order valence-corrected chi connectivity index (χ4v) is 3.73. The maximum Gasteiger partial charge on any atom is 0.246 e. The number of anilines is 1. The summed E-state index contributed by atoms with van der Waals surface area (Å²) in [6, 6.07) is 0.911. The monoisotopic (exact) mass is 454 g/mol. The van der Waals surface area contributed by atoms with Crippen molar-refractivity contribution < 1.29 is 23.0 Å². The molecular weight excluding hydrogens is 434 g/mol. The van der Waals surface area contributed by atoms with Gasteiger partial charge in [0.2, 0.25) is 5.91 Å². The van der Waals surface area contributed by atoms with Gasteiger partial charge in [0.05, 0.1) is 25.6 Å². The van der Waals surface area contributed by atoms with E-state index in [-0.39, 0.29) is 35.0 Å². The molecule has 170 valence electrons. The number of rotatable bonds is 4. The average molecular weight is 454 g/mol. The van der Waals surface area contributed by atoms with Crippen LogP contribution in [0.3, 0.4) is 0 Å². The molecule has 3 aromatic rings. The summed E-state index contributed by atoms with van der Waals surface area (Å²) in [5.74, 6) is 2.75. The molecular formula is C22H20F2N6O3. The minimum absolute atomic E-state index is 0.122. The highest BCUT2D eigenvalue weighted by Crippen LogP contribution is 2.31. The second-order valence-corrected chi connectivity index (χ2v) is 7.22. The fourth-order valence-electron chi connectivity index (χ4n) is 3.73. The van der Waals surface area contributed by atoms with Gasteiger partial charge >= 0.3 is 0 Å². The zero-order valence-electron chi connectivity index (χ0n) is 17.9. The Kier molecular flexibility index (Phi) is 5.83. The first kappa shape index (κ1) is 22.0. The van der Waals surface area contributed by atoms with Crippen LogP contribution in [-0.4, -0.2) is 57.9 Å². The number of halogens is 2. The molecule has 2 aromatic heterocycles. The maximum absolute atomic E-state index is 14.7. The Bertz CT molecular complexity index is 1300. The Morgan fingerprint density at radius 1 is 1.24 bits per heavy atom. The molecule has 0 saturated carbocycles. The molecule has 3 heterocycles. The molecule has 1 saturated heterocycles. The number of hydrogen-bond donors (Lipinski definition) is 1. The minimum Gasteiger partial charge on any atom is -0.493 e. The van der Waals surface area contributed by atoms with Gasteiger partial charge < -0.3 is 20.1 Å². The number of nitrogens with zero attached hydrogens (tertiary/aromatic N) is 5. The largest absolute Gasteiger partial charge is 0.493 e. The lowest BCUT2D eigenvalue weighted by Gasteiger charge is -2.14. The number of hydrogen-bond acceptors (Lipinski definition) is 7. The Morgan fingerprint density at radius 2 is 1.94 bits per heavy atom. The maximum atomic E-state index is 14.7. The zero-order chi connectivity index (χ0) is 23.7. The molecule has 1 fully saturated rings. The molecule has 1 aliphatic heterocycles. The van der Waals surface area contributed by atoms with E-state index in [0.29, 0.717) is 30.5 Å². The van der Waals surface area contributed by atoms with Crippen LogP contribution in [0, 0.1) is 23.5 Å². The second kappa shape index (κ2) is 8.74. The van der Waals surface area contributed by atoms with Gasteiger partial charge in [0.1, 0.15) is 23.4 Å². The minimum atomic E-state index is -0.967.